The highest BCUT2D eigenvalue weighted by Gasteiger charge is 2.09. The molecular formula is C23H22N4O. The van der Waals surface area contributed by atoms with Crippen molar-refractivity contribution in [2.24, 2.45) is 0 Å². The highest BCUT2D eigenvalue weighted by molar-refractivity contribution is 5.85. The predicted molar refractivity (Wildman–Crippen MR) is 114 cm³/mol. The molecule has 0 aliphatic carbocycles. The number of pyridine rings is 1. The molecule has 0 fully saturated rings. The molecule has 0 saturated heterocycles. The summed E-state index contributed by atoms with van der Waals surface area (Å²) in [4.78, 5) is 26.0. The molecule has 2 heterocycles. The van der Waals surface area contributed by atoms with E-state index in [1.807, 2.05) is 26.1 Å². The Morgan fingerprint density at radius 1 is 1.00 bits per heavy atom. The van der Waals surface area contributed by atoms with Gasteiger partial charge in [0.25, 0.3) is 5.56 Å². The largest absolute Gasteiger partial charge is 0.355 e. The van der Waals surface area contributed by atoms with Crippen LogP contribution >= 0.6 is 0 Å². The van der Waals surface area contributed by atoms with Crippen molar-refractivity contribution in [2.45, 2.75) is 20.4 Å². The van der Waals surface area contributed by atoms with Crippen LogP contribution in [0.25, 0.3) is 22.2 Å². The molecule has 0 radical (unpaired) electrons. The molecule has 0 aliphatic rings. The number of aromatic nitrogens is 3. The smallest absolute Gasteiger partial charge is 0.254 e. The molecule has 28 heavy (non-hydrogen) atoms. The van der Waals surface area contributed by atoms with Gasteiger partial charge >= 0.3 is 0 Å². The zero-order valence-electron chi connectivity index (χ0n) is 16.2. The topological polar surface area (TPSA) is 61.9 Å². The molecule has 0 bridgehead atoms. The van der Waals surface area contributed by atoms with Gasteiger partial charge in [0.2, 0.25) is 0 Å². The lowest BCUT2D eigenvalue weighted by atomic mass is 10.0. The predicted octanol–water partition coefficient (Wildman–Crippen LogP) is 4.24. The van der Waals surface area contributed by atoms with Gasteiger partial charge in [-0.25, -0.2) is 9.97 Å². The molecule has 2 aromatic heterocycles. The zero-order chi connectivity index (χ0) is 19.7. The van der Waals surface area contributed by atoms with E-state index in [0.29, 0.717) is 11.4 Å². The van der Waals surface area contributed by atoms with Gasteiger partial charge in [0.15, 0.2) is 0 Å². The van der Waals surface area contributed by atoms with Crippen molar-refractivity contribution in [3.63, 3.8) is 0 Å². The first-order valence-corrected chi connectivity index (χ1v) is 9.24. The summed E-state index contributed by atoms with van der Waals surface area (Å²) in [6, 6.07) is 18.7. The van der Waals surface area contributed by atoms with E-state index in [4.69, 9.17) is 0 Å². The molecule has 0 unspecified atom stereocenters. The first-order chi connectivity index (χ1) is 13.5. The van der Waals surface area contributed by atoms with Crippen LogP contribution in [0.1, 0.15) is 16.8 Å². The van der Waals surface area contributed by atoms with Gasteiger partial charge in [-0.15, -0.1) is 0 Å². The fourth-order valence-electron chi connectivity index (χ4n) is 3.30. The minimum atomic E-state index is -0.111. The number of benzene rings is 2. The van der Waals surface area contributed by atoms with E-state index in [-0.39, 0.29) is 5.56 Å². The Balaban J connectivity index is 1.59. The van der Waals surface area contributed by atoms with Gasteiger partial charge in [-0.05, 0) is 42.3 Å². The maximum Gasteiger partial charge on any atom is 0.254 e. The summed E-state index contributed by atoms with van der Waals surface area (Å²) >= 11 is 0. The molecule has 4 rings (SSSR count). The van der Waals surface area contributed by atoms with Gasteiger partial charge in [0.1, 0.15) is 11.6 Å². The molecule has 2 aromatic carbocycles. The van der Waals surface area contributed by atoms with E-state index in [1.165, 1.54) is 16.3 Å². The molecule has 5 heteroatoms. The van der Waals surface area contributed by atoms with Crippen molar-refractivity contribution in [1.82, 2.24) is 15.0 Å². The Hall–Kier alpha value is -3.47. The van der Waals surface area contributed by atoms with Gasteiger partial charge in [-0.1, -0.05) is 42.5 Å². The van der Waals surface area contributed by atoms with Gasteiger partial charge in [0, 0.05) is 36.6 Å². The molecule has 5 nitrogen and oxygen atoms in total. The van der Waals surface area contributed by atoms with Crippen LogP contribution in [0.15, 0.2) is 65.6 Å². The van der Waals surface area contributed by atoms with Crippen LogP contribution in [0.4, 0.5) is 5.82 Å². The summed E-state index contributed by atoms with van der Waals surface area (Å²) in [7, 11) is 2.03. The van der Waals surface area contributed by atoms with Crippen LogP contribution < -0.4 is 10.5 Å². The van der Waals surface area contributed by atoms with Crippen molar-refractivity contribution in [1.29, 1.82) is 0 Å². The lowest BCUT2D eigenvalue weighted by molar-refractivity contribution is 0.904. The number of aromatic amines is 1. The van der Waals surface area contributed by atoms with E-state index >= 15 is 0 Å². The lowest BCUT2D eigenvalue weighted by Crippen LogP contribution is -2.18. The van der Waals surface area contributed by atoms with Gasteiger partial charge in [-0.3, -0.25) is 4.79 Å². The third-order valence-electron chi connectivity index (χ3n) is 5.09. The van der Waals surface area contributed by atoms with Crippen LogP contribution in [-0.4, -0.2) is 22.0 Å². The zero-order valence-corrected chi connectivity index (χ0v) is 16.2. The summed E-state index contributed by atoms with van der Waals surface area (Å²) in [5.74, 6) is 1.41. The molecule has 0 saturated carbocycles. The maximum absolute atomic E-state index is 12.0. The number of aryl methyl sites for hydroxylation is 1. The summed E-state index contributed by atoms with van der Waals surface area (Å²) in [6.07, 6.45) is 1.75. The molecule has 0 aliphatic heterocycles. The van der Waals surface area contributed by atoms with Crippen LogP contribution in [0.2, 0.25) is 0 Å². The standard InChI is InChI=1S/C23H22N4O/c1-15-16(2)25-22(26-23(15)28)18-11-12-21(24-13-18)27(3)14-19-9-6-8-17-7-4-5-10-20(17)19/h4-13H,14H2,1-3H3,(H,25,26,28). The number of nitrogens with zero attached hydrogens (tertiary/aromatic N) is 3. The van der Waals surface area contributed by atoms with Crippen LogP contribution in [0.3, 0.4) is 0 Å². The molecular weight excluding hydrogens is 348 g/mol. The van der Waals surface area contributed by atoms with Gasteiger partial charge in [0.05, 0.1) is 0 Å². The highest BCUT2D eigenvalue weighted by atomic mass is 16.1. The fraction of sp³-hybridized carbons (Fsp3) is 0.174. The average molecular weight is 370 g/mol. The second-order valence-corrected chi connectivity index (χ2v) is 7.02. The summed E-state index contributed by atoms with van der Waals surface area (Å²) in [6.45, 7) is 4.37. The number of H-pyrrole nitrogens is 1. The van der Waals surface area contributed by atoms with Crippen molar-refractivity contribution >= 4 is 16.6 Å². The van der Waals surface area contributed by atoms with E-state index in [2.05, 4.69) is 62.3 Å². The van der Waals surface area contributed by atoms with E-state index in [0.717, 1.165) is 23.6 Å². The van der Waals surface area contributed by atoms with Gasteiger partial charge in [-0.2, -0.15) is 0 Å². The number of anilines is 1. The van der Waals surface area contributed by atoms with Crippen molar-refractivity contribution in [2.75, 3.05) is 11.9 Å². The summed E-state index contributed by atoms with van der Waals surface area (Å²) in [5, 5.41) is 2.49. The first kappa shape index (κ1) is 17.9. The monoisotopic (exact) mass is 370 g/mol. The Kier molecular flexibility index (Phi) is 4.65. The normalized spacial score (nSPS) is 11.0. The lowest BCUT2D eigenvalue weighted by Gasteiger charge is -2.19. The number of hydrogen-bond acceptors (Lipinski definition) is 4. The van der Waals surface area contributed by atoms with Crippen molar-refractivity contribution < 1.29 is 0 Å². The Bertz CT molecular complexity index is 1190. The molecule has 140 valence electrons. The molecule has 4 aromatic rings. The van der Waals surface area contributed by atoms with E-state index in [9.17, 15) is 4.79 Å². The SMILES string of the molecule is Cc1nc(-c2ccc(N(C)Cc3cccc4ccccc34)nc2)[nH]c(=O)c1C. The second-order valence-electron chi connectivity index (χ2n) is 7.02. The van der Waals surface area contributed by atoms with Crippen LogP contribution in [0.5, 0.6) is 0 Å². The Morgan fingerprint density at radius 2 is 1.79 bits per heavy atom. The molecule has 0 spiro atoms. The molecule has 1 N–H and O–H groups in total. The fourth-order valence-corrected chi connectivity index (χ4v) is 3.30. The number of nitrogens with one attached hydrogen (secondary N) is 1. The van der Waals surface area contributed by atoms with E-state index < -0.39 is 0 Å². The second kappa shape index (κ2) is 7.27. The quantitative estimate of drug-likeness (QED) is 0.584. The van der Waals surface area contributed by atoms with Crippen LogP contribution in [0, 0.1) is 13.8 Å². The maximum atomic E-state index is 12.0. The molecule has 0 atom stereocenters. The first-order valence-electron chi connectivity index (χ1n) is 9.24. The third kappa shape index (κ3) is 3.39. The minimum absolute atomic E-state index is 0.111. The summed E-state index contributed by atoms with van der Waals surface area (Å²) < 4.78 is 0. The number of fused-ring (bicyclic) bond motifs is 1. The Labute approximate surface area is 163 Å². The Morgan fingerprint density at radius 3 is 2.54 bits per heavy atom. The average Bonchev–Trinajstić information content (AvgIpc) is 2.72. The minimum Gasteiger partial charge on any atom is -0.355 e. The van der Waals surface area contributed by atoms with Crippen molar-refractivity contribution in [3.05, 3.63) is 88.0 Å². The highest BCUT2D eigenvalue weighted by Crippen LogP contribution is 2.22. The summed E-state index contributed by atoms with van der Waals surface area (Å²) in [5.41, 5.74) is 3.31. The molecule has 0 amide bonds. The number of rotatable bonds is 4. The van der Waals surface area contributed by atoms with Crippen LogP contribution in [-0.2, 0) is 6.54 Å². The third-order valence-corrected chi connectivity index (χ3v) is 5.09. The van der Waals surface area contributed by atoms with Crippen molar-refractivity contribution in [3.8, 4) is 11.4 Å². The van der Waals surface area contributed by atoms with Gasteiger partial charge < -0.3 is 9.88 Å². The van der Waals surface area contributed by atoms with E-state index in [1.54, 1.807) is 13.1 Å². The number of hydrogen-bond donors (Lipinski definition) is 1.